The second-order valence-electron chi connectivity index (χ2n) is 11.6. The normalized spacial score (nSPS) is 20.1. The first-order chi connectivity index (χ1) is 18.2. The third-order valence-electron chi connectivity index (χ3n) is 7.31. The molecule has 0 bridgehead atoms. The number of nitrogens with one attached hydrogen (secondary N) is 1. The highest BCUT2D eigenvalue weighted by atomic mass is 28.4. The Morgan fingerprint density at radius 2 is 1.39 bits per heavy atom. The molecule has 1 aliphatic rings. The zero-order valence-electron chi connectivity index (χ0n) is 23.2. The van der Waals surface area contributed by atoms with Crippen molar-refractivity contribution in [2.24, 2.45) is 11.8 Å². The van der Waals surface area contributed by atoms with Crippen LogP contribution in [0.4, 0.5) is 0 Å². The minimum absolute atomic E-state index is 0.164. The lowest BCUT2D eigenvalue weighted by Gasteiger charge is -2.43. The third kappa shape index (κ3) is 6.26. The van der Waals surface area contributed by atoms with E-state index in [1.165, 1.54) is 10.4 Å². The second kappa shape index (κ2) is 12.4. The largest absolute Gasteiger partial charge is 0.458 e. The van der Waals surface area contributed by atoms with Crippen LogP contribution in [0.15, 0.2) is 91.0 Å². The molecule has 38 heavy (non-hydrogen) atoms. The van der Waals surface area contributed by atoms with Gasteiger partial charge in [0.2, 0.25) is 0 Å². The molecule has 0 radical (unpaired) electrons. The molecule has 1 N–H and O–H groups in total. The summed E-state index contributed by atoms with van der Waals surface area (Å²) in [7, 11) is -2.77. The van der Waals surface area contributed by atoms with Gasteiger partial charge in [-0.25, -0.2) is 0 Å². The molecule has 3 aromatic carbocycles. The number of cyclic esters (lactones) is 1. The highest BCUT2D eigenvalue weighted by Crippen LogP contribution is 2.38. The van der Waals surface area contributed by atoms with E-state index in [4.69, 9.17) is 14.0 Å². The van der Waals surface area contributed by atoms with Crippen molar-refractivity contribution in [3.05, 3.63) is 96.6 Å². The number of hydrogen-bond donors (Lipinski definition) is 1. The molecule has 202 valence electrons. The van der Waals surface area contributed by atoms with Gasteiger partial charge in [0, 0.05) is 0 Å². The lowest BCUT2D eigenvalue weighted by atomic mass is 9.90. The number of hydrogen-bond acceptors (Lipinski definition) is 5. The number of ether oxygens (including phenoxy) is 1. The molecule has 0 aromatic heterocycles. The monoisotopic (exact) mass is 531 g/mol. The summed E-state index contributed by atoms with van der Waals surface area (Å²) in [6.07, 6.45) is 0.268. The van der Waals surface area contributed by atoms with Crippen LogP contribution < -0.4 is 15.9 Å². The van der Waals surface area contributed by atoms with E-state index in [9.17, 15) is 4.79 Å². The first-order valence-electron chi connectivity index (χ1n) is 13.6. The Hall–Kier alpha value is -2.77. The van der Waals surface area contributed by atoms with Gasteiger partial charge in [-0.1, -0.05) is 126 Å². The molecule has 3 aromatic rings. The quantitative estimate of drug-likeness (QED) is 0.208. The highest BCUT2D eigenvalue weighted by molar-refractivity contribution is 6.99. The van der Waals surface area contributed by atoms with Crippen LogP contribution in [0.2, 0.25) is 5.04 Å². The van der Waals surface area contributed by atoms with Crippen molar-refractivity contribution in [1.82, 2.24) is 5.48 Å². The van der Waals surface area contributed by atoms with Gasteiger partial charge in [-0.05, 0) is 33.3 Å². The van der Waals surface area contributed by atoms with Gasteiger partial charge in [0.25, 0.3) is 8.32 Å². The van der Waals surface area contributed by atoms with E-state index in [1.807, 2.05) is 42.5 Å². The zero-order chi connectivity index (χ0) is 27.2. The maximum absolute atomic E-state index is 13.1. The molecule has 0 spiro atoms. The van der Waals surface area contributed by atoms with E-state index in [-0.39, 0.29) is 23.0 Å². The van der Waals surface area contributed by atoms with Crippen molar-refractivity contribution in [3.63, 3.8) is 0 Å². The minimum Gasteiger partial charge on any atom is -0.458 e. The van der Waals surface area contributed by atoms with Crippen LogP contribution in [0.5, 0.6) is 0 Å². The predicted octanol–water partition coefficient (Wildman–Crippen LogP) is 5.24. The molecule has 0 amide bonds. The number of rotatable bonds is 11. The molecule has 1 fully saturated rings. The van der Waals surface area contributed by atoms with E-state index in [0.29, 0.717) is 19.1 Å². The Kier molecular flexibility index (Phi) is 9.21. The Bertz CT molecular complexity index is 1110. The van der Waals surface area contributed by atoms with Crippen molar-refractivity contribution < 1.29 is 18.8 Å². The summed E-state index contributed by atoms with van der Waals surface area (Å²) < 4.78 is 13.1. The first-order valence-corrected chi connectivity index (χ1v) is 15.5. The van der Waals surface area contributed by atoms with Crippen LogP contribution in [-0.4, -0.2) is 33.0 Å². The summed E-state index contributed by atoms with van der Waals surface area (Å²) in [6.45, 7) is 11.7. The van der Waals surface area contributed by atoms with Crippen molar-refractivity contribution in [1.29, 1.82) is 0 Å². The summed E-state index contributed by atoms with van der Waals surface area (Å²) >= 11 is 0. The molecule has 0 aliphatic carbocycles. The Balaban J connectivity index is 1.62. The number of hydroxylamine groups is 1. The summed E-state index contributed by atoms with van der Waals surface area (Å²) in [4.78, 5) is 19.0. The van der Waals surface area contributed by atoms with Crippen LogP contribution in [0.1, 0.15) is 46.6 Å². The van der Waals surface area contributed by atoms with E-state index < -0.39 is 14.4 Å². The summed E-state index contributed by atoms with van der Waals surface area (Å²) in [5.74, 6) is -0.128. The highest BCUT2D eigenvalue weighted by Gasteiger charge is 2.52. The molecule has 3 atom stereocenters. The van der Waals surface area contributed by atoms with Crippen molar-refractivity contribution in [3.8, 4) is 0 Å². The van der Waals surface area contributed by atoms with Crippen LogP contribution >= 0.6 is 0 Å². The van der Waals surface area contributed by atoms with Crippen LogP contribution in [0.25, 0.3) is 0 Å². The topological polar surface area (TPSA) is 56.8 Å². The Morgan fingerprint density at radius 1 is 0.868 bits per heavy atom. The lowest BCUT2D eigenvalue weighted by Crippen LogP contribution is -2.67. The molecule has 5 nitrogen and oxygen atoms in total. The van der Waals surface area contributed by atoms with Gasteiger partial charge in [0.05, 0.1) is 25.2 Å². The maximum Gasteiger partial charge on any atom is 0.311 e. The summed E-state index contributed by atoms with van der Waals surface area (Å²) in [5.41, 5.74) is 4.27. The molecule has 1 saturated heterocycles. The Morgan fingerprint density at radius 3 is 1.89 bits per heavy atom. The minimum atomic E-state index is -2.77. The van der Waals surface area contributed by atoms with Gasteiger partial charge in [0.15, 0.2) is 0 Å². The number of benzene rings is 3. The third-order valence-corrected chi connectivity index (χ3v) is 12.3. The Labute approximate surface area is 228 Å². The molecular formula is C32H41NO4Si. The van der Waals surface area contributed by atoms with Gasteiger partial charge in [-0.15, -0.1) is 0 Å². The number of carbonyl (C=O) groups excluding carboxylic acids is 1. The summed E-state index contributed by atoms with van der Waals surface area (Å²) in [5, 5.41) is 2.24. The number of esters is 1. The van der Waals surface area contributed by atoms with Gasteiger partial charge in [0.1, 0.15) is 6.10 Å². The smallest absolute Gasteiger partial charge is 0.311 e. The average molecular weight is 532 g/mol. The van der Waals surface area contributed by atoms with Crippen LogP contribution in [0.3, 0.4) is 0 Å². The molecule has 0 unspecified atom stereocenters. The van der Waals surface area contributed by atoms with Crippen molar-refractivity contribution in [2.45, 2.75) is 64.8 Å². The summed E-state index contributed by atoms with van der Waals surface area (Å²) in [6, 6.07) is 30.8. The molecule has 4 rings (SSSR count). The SMILES string of the molecule is CC(C)C[C@@H]1C(=O)O[C@H](CO[Si](c2ccccc2)(c2ccccc2)C(C)(C)C)[C@H]1NOCc1ccccc1. The van der Waals surface area contributed by atoms with Gasteiger partial charge >= 0.3 is 5.97 Å². The van der Waals surface area contributed by atoms with Crippen molar-refractivity contribution in [2.75, 3.05) is 6.61 Å². The number of carbonyl (C=O) groups is 1. The first kappa shape index (κ1) is 28.2. The van der Waals surface area contributed by atoms with Crippen molar-refractivity contribution >= 4 is 24.7 Å². The predicted molar refractivity (Wildman–Crippen MR) is 155 cm³/mol. The van der Waals surface area contributed by atoms with Gasteiger partial charge in [-0.3, -0.25) is 9.63 Å². The molecule has 6 heteroatoms. The van der Waals surface area contributed by atoms with Gasteiger partial charge < -0.3 is 9.16 Å². The van der Waals surface area contributed by atoms with Gasteiger partial charge in [-0.2, -0.15) is 5.48 Å². The van der Waals surface area contributed by atoms with Crippen LogP contribution in [-0.2, 0) is 25.4 Å². The fourth-order valence-electron chi connectivity index (χ4n) is 5.53. The fraction of sp³-hybridized carbons (Fsp3) is 0.406. The van der Waals surface area contributed by atoms with E-state index in [0.717, 1.165) is 12.0 Å². The van der Waals surface area contributed by atoms with E-state index >= 15 is 0 Å². The molecule has 0 saturated carbocycles. The average Bonchev–Trinajstić information content (AvgIpc) is 3.19. The molecular weight excluding hydrogens is 490 g/mol. The van der Waals surface area contributed by atoms with E-state index in [2.05, 4.69) is 88.6 Å². The van der Waals surface area contributed by atoms with E-state index in [1.54, 1.807) is 0 Å². The zero-order valence-corrected chi connectivity index (χ0v) is 24.2. The lowest BCUT2D eigenvalue weighted by molar-refractivity contribution is -0.145. The molecule has 1 heterocycles. The second-order valence-corrected chi connectivity index (χ2v) is 15.9. The van der Waals surface area contributed by atoms with Crippen LogP contribution in [0, 0.1) is 11.8 Å². The standard InChI is InChI=1S/C32H41NO4Si/c1-24(2)21-28-30(33-35-22-25-15-9-6-10-16-25)29(37-31(28)34)23-36-38(32(3,4)5,26-17-11-7-12-18-26)27-19-13-8-14-20-27/h6-20,24,28-30,33H,21-23H2,1-5H3/t28-,29+,30-/m0/s1. The maximum atomic E-state index is 13.1. The fourth-order valence-corrected chi connectivity index (χ4v) is 10.1. The molecule has 1 aliphatic heterocycles.